The molecule has 0 saturated carbocycles. The van der Waals surface area contributed by atoms with E-state index in [1.165, 1.54) is 17.2 Å². The molecule has 4 aromatic rings. The average molecular weight is 428 g/mol. The van der Waals surface area contributed by atoms with Gasteiger partial charge < -0.3 is 15.2 Å². The summed E-state index contributed by atoms with van der Waals surface area (Å²) in [6.07, 6.45) is 2.90. The molecule has 160 valence electrons. The Labute approximate surface area is 182 Å². The Balaban J connectivity index is 1.40. The van der Waals surface area contributed by atoms with Gasteiger partial charge in [0.1, 0.15) is 5.39 Å². The Kier molecular flexibility index (Phi) is 4.78. The molecule has 9 nitrogen and oxygen atoms in total. The maximum atomic E-state index is 13.0. The van der Waals surface area contributed by atoms with E-state index >= 15 is 0 Å². The minimum Gasteiger partial charge on any atom is -0.324 e. The van der Waals surface area contributed by atoms with E-state index in [-0.39, 0.29) is 23.8 Å². The third-order valence-corrected chi connectivity index (χ3v) is 5.60. The number of amides is 2. The van der Waals surface area contributed by atoms with Crippen molar-refractivity contribution in [3.63, 3.8) is 0 Å². The van der Waals surface area contributed by atoms with Gasteiger partial charge in [0.15, 0.2) is 5.65 Å². The van der Waals surface area contributed by atoms with E-state index in [0.717, 1.165) is 11.3 Å². The van der Waals surface area contributed by atoms with E-state index in [0.29, 0.717) is 29.0 Å². The number of nitrogens with zero attached hydrogens (tertiary/aromatic N) is 4. The van der Waals surface area contributed by atoms with Crippen molar-refractivity contribution in [3.8, 4) is 5.69 Å². The summed E-state index contributed by atoms with van der Waals surface area (Å²) in [6, 6.07) is 14.8. The molecule has 0 radical (unpaired) electrons. The van der Waals surface area contributed by atoms with E-state index in [2.05, 4.69) is 20.4 Å². The van der Waals surface area contributed by atoms with Gasteiger partial charge in [-0.25, -0.2) is 9.67 Å². The highest BCUT2D eigenvalue weighted by Gasteiger charge is 2.35. The van der Waals surface area contributed by atoms with Gasteiger partial charge in [0.05, 0.1) is 29.8 Å². The van der Waals surface area contributed by atoms with Crippen LogP contribution in [0.5, 0.6) is 0 Å². The molecule has 1 aliphatic heterocycles. The van der Waals surface area contributed by atoms with Crippen molar-refractivity contribution >= 4 is 34.2 Å². The zero-order valence-electron chi connectivity index (χ0n) is 17.3. The van der Waals surface area contributed by atoms with Crippen LogP contribution >= 0.6 is 0 Å². The molecule has 1 atom stereocenters. The van der Waals surface area contributed by atoms with E-state index in [9.17, 15) is 14.4 Å². The number of carbonyl (C=O) groups excluding carboxylic acids is 2. The predicted molar refractivity (Wildman–Crippen MR) is 120 cm³/mol. The number of rotatable bonds is 4. The van der Waals surface area contributed by atoms with Crippen molar-refractivity contribution in [2.75, 3.05) is 16.8 Å². The first-order valence-electron chi connectivity index (χ1n) is 10.2. The Morgan fingerprint density at radius 3 is 2.72 bits per heavy atom. The van der Waals surface area contributed by atoms with Gasteiger partial charge in [0, 0.05) is 18.7 Å². The maximum absolute atomic E-state index is 13.0. The number of aromatic nitrogens is 4. The molecule has 1 unspecified atom stereocenters. The number of benzene rings is 2. The van der Waals surface area contributed by atoms with Gasteiger partial charge >= 0.3 is 0 Å². The maximum Gasteiger partial charge on any atom is 0.261 e. The van der Waals surface area contributed by atoms with Crippen LogP contribution in [-0.2, 0) is 9.59 Å². The van der Waals surface area contributed by atoms with Crippen LogP contribution in [0.4, 0.5) is 11.4 Å². The van der Waals surface area contributed by atoms with Crippen molar-refractivity contribution < 1.29 is 9.59 Å². The molecular weight excluding hydrogens is 408 g/mol. The number of nitrogens with one attached hydrogen (secondary N) is 2. The molecule has 1 aliphatic rings. The first-order chi connectivity index (χ1) is 15.5. The molecule has 2 aromatic carbocycles. The number of carbonyl (C=O) groups is 2. The Bertz CT molecular complexity index is 1390. The Morgan fingerprint density at radius 1 is 1.12 bits per heavy atom. The average Bonchev–Trinajstić information content (AvgIpc) is 3.40. The number of anilines is 2. The van der Waals surface area contributed by atoms with Crippen molar-refractivity contribution in [1.82, 2.24) is 19.7 Å². The molecule has 2 amide bonds. The Hall–Kier alpha value is -4.27. The van der Waals surface area contributed by atoms with Crippen LogP contribution in [0.1, 0.15) is 12.0 Å². The molecule has 0 spiro atoms. The lowest BCUT2D eigenvalue weighted by Crippen LogP contribution is -2.28. The quantitative estimate of drug-likeness (QED) is 0.518. The van der Waals surface area contributed by atoms with Crippen LogP contribution in [0.2, 0.25) is 0 Å². The fourth-order valence-electron chi connectivity index (χ4n) is 3.89. The van der Waals surface area contributed by atoms with Gasteiger partial charge in [0.2, 0.25) is 11.8 Å². The molecule has 3 heterocycles. The largest absolute Gasteiger partial charge is 0.324 e. The third kappa shape index (κ3) is 3.43. The minimum atomic E-state index is -0.479. The SMILES string of the molecule is Cc1ccc(N2CC(C(=O)Nc3ccccc3-n3ncc4c(=O)[nH]cnc43)CC2=O)cc1. The van der Waals surface area contributed by atoms with Crippen LogP contribution in [0.3, 0.4) is 0 Å². The van der Waals surface area contributed by atoms with Crippen molar-refractivity contribution in [2.45, 2.75) is 13.3 Å². The summed E-state index contributed by atoms with van der Waals surface area (Å²) in [5.41, 5.74) is 3.09. The van der Waals surface area contributed by atoms with Crippen molar-refractivity contribution in [2.24, 2.45) is 5.92 Å². The predicted octanol–water partition coefficient (Wildman–Crippen LogP) is 2.41. The molecule has 9 heteroatoms. The number of hydrogen-bond acceptors (Lipinski definition) is 5. The van der Waals surface area contributed by atoms with Crippen LogP contribution in [0.25, 0.3) is 16.7 Å². The topological polar surface area (TPSA) is 113 Å². The van der Waals surface area contributed by atoms with Gasteiger partial charge in [-0.15, -0.1) is 0 Å². The molecule has 2 aromatic heterocycles. The summed E-state index contributed by atoms with van der Waals surface area (Å²) in [6.45, 7) is 2.30. The molecule has 1 fully saturated rings. The lowest BCUT2D eigenvalue weighted by atomic mass is 10.1. The van der Waals surface area contributed by atoms with Gasteiger partial charge in [-0.3, -0.25) is 14.4 Å². The highest BCUT2D eigenvalue weighted by molar-refractivity contribution is 6.04. The summed E-state index contributed by atoms with van der Waals surface area (Å²) in [7, 11) is 0. The third-order valence-electron chi connectivity index (χ3n) is 5.60. The molecular formula is C23H20N6O3. The van der Waals surface area contributed by atoms with E-state index in [1.807, 2.05) is 37.3 Å². The van der Waals surface area contributed by atoms with E-state index < -0.39 is 5.92 Å². The second kappa shape index (κ2) is 7.77. The highest BCUT2D eigenvalue weighted by Crippen LogP contribution is 2.28. The lowest BCUT2D eigenvalue weighted by molar-refractivity contribution is -0.122. The normalized spacial score (nSPS) is 16.0. The van der Waals surface area contributed by atoms with Gasteiger partial charge in [-0.05, 0) is 31.2 Å². The number of para-hydroxylation sites is 2. The van der Waals surface area contributed by atoms with E-state index in [1.54, 1.807) is 23.1 Å². The van der Waals surface area contributed by atoms with Crippen LogP contribution < -0.4 is 15.8 Å². The number of fused-ring (bicyclic) bond motifs is 1. The second-order valence-electron chi connectivity index (χ2n) is 7.77. The van der Waals surface area contributed by atoms with Crippen LogP contribution in [-0.4, -0.2) is 38.1 Å². The number of aromatic amines is 1. The fourth-order valence-corrected chi connectivity index (χ4v) is 3.89. The first-order valence-corrected chi connectivity index (χ1v) is 10.2. The zero-order valence-corrected chi connectivity index (χ0v) is 17.3. The molecule has 5 rings (SSSR count). The number of aryl methyl sites for hydroxylation is 1. The second-order valence-corrected chi connectivity index (χ2v) is 7.77. The molecule has 1 saturated heterocycles. The fraction of sp³-hybridized carbons (Fsp3) is 0.174. The molecule has 0 aliphatic carbocycles. The lowest BCUT2D eigenvalue weighted by Gasteiger charge is -2.17. The molecule has 32 heavy (non-hydrogen) atoms. The molecule has 0 bridgehead atoms. The highest BCUT2D eigenvalue weighted by atomic mass is 16.2. The van der Waals surface area contributed by atoms with Gasteiger partial charge in [0.25, 0.3) is 5.56 Å². The summed E-state index contributed by atoms with van der Waals surface area (Å²) >= 11 is 0. The Morgan fingerprint density at radius 2 is 1.91 bits per heavy atom. The first kappa shape index (κ1) is 19.7. The van der Waals surface area contributed by atoms with Gasteiger partial charge in [-0.2, -0.15) is 5.10 Å². The minimum absolute atomic E-state index is 0.0798. The zero-order chi connectivity index (χ0) is 22.2. The summed E-state index contributed by atoms with van der Waals surface area (Å²) in [5.74, 6) is -0.807. The smallest absolute Gasteiger partial charge is 0.261 e. The van der Waals surface area contributed by atoms with Crippen molar-refractivity contribution in [3.05, 3.63) is 77.0 Å². The monoisotopic (exact) mass is 428 g/mol. The standard InChI is InChI=1S/C23H20N6O3/c1-14-6-8-16(9-7-14)28-12-15(10-20(28)30)22(31)27-18-4-2-3-5-19(18)29-21-17(11-26-29)23(32)25-13-24-21/h2-9,11,13,15H,10,12H2,1H3,(H,27,31)(H,24,25,32). The van der Waals surface area contributed by atoms with Gasteiger partial charge in [-0.1, -0.05) is 29.8 Å². The summed E-state index contributed by atoms with van der Waals surface area (Å²) in [5, 5.41) is 7.56. The van der Waals surface area contributed by atoms with Crippen molar-refractivity contribution in [1.29, 1.82) is 0 Å². The summed E-state index contributed by atoms with van der Waals surface area (Å²) in [4.78, 5) is 46.0. The van der Waals surface area contributed by atoms with Crippen LogP contribution in [0.15, 0.2) is 65.8 Å². The number of H-pyrrole nitrogens is 1. The molecule has 2 N–H and O–H groups in total. The van der Waals surface area contributed by atoms with Crippen LogP contribution in [0, 0.1) is 12.8 Å². The summed E-state index contributed by atoms with van der Waals surface area (Å²) < 4.78 is 1.51. The van der Waals surface area contributed by atoms with E-state index in [4.69, 9.17) is 0 Å². The number of hydrogen-bond donors (Lipinski definition) is 2.